The first-order valence-corrected chi connectivity index (χ1v) is 3.70. The van der Waals surface area contributed by atoms with Crippen LogP contribution in [0, 0.1) is 12.3 Å². The van der Waals surface area contributed by atoms with Crippen molar-refractivity contribution in [1.82, 2.24) is 0 Å². The van der Waals surface area contributed by atoms with E-state index in [0.29, 0.717) is 0 Å². The third kappa shape index (κ3) is 13.0. The van der Waals surface area contributed by atoms with Gasteiger partial charge >= 0.3 is 11.9 Å². The van der Waals surface area contributed by atoms with Crippen molar-refractivity contribution < 1.29 is 24.9 Å². The lowest BCUT2D eigenvalue weighted by Gasteiger charge is -2.01. The van der Waals surface area contributed by atoms with Crippen molar-refractivity contribution in [2.45, 2.75) is 18.9 Å². The van der Waals surface area contributed by atoms with E-state index in [4.69, 9.17) is 21.1 Å². The van der Waals surface area contributed by atoms with Crippen LogP contribution in [0.4, 0.5) is 0 Å². The highest BCUT2D eigenvalue weighted by Crippen LogP contribution is 1.93. The minimum atomic E-state index is -1.17. The fourth-order valence-electron chi connectivity index (χ4n) is 0.402. The zero-order valence-corrected chi connectivity index (χ0v) is 7.51. The molecule has 1 unspecified atom stereocenters. The second-order valence-corrected chi connectivity index (χ2v) is 2.24. The Morgan fingerprint density at radius 3 is 2.07 bits per heavy atom. The Morgan fingerprint density at radius 1 is 1.43 bits per heavy atom. The molecule has 0 saturated carbocycles. The Hall–Kier alpha value is -1.58. The number of aliphatic hydroxyl groups excluding tert-OH is 1. The molecule has 6 heteroatoms. The SMILES string of the molecule is C#CCO.NC(CCC(=O)O)C(=O)O. The summed E-state index contributed by atoms with van der Waals surface area (Å²) >= 11 is 0. The number of nitrogens with two attached hydrogens (primary N) is 1. The van der Waals surface area contributed by atoms with E-state index in [-0.39, 0.29) is 19.4 Å². The molecule has 0 fully saturated rings. The Morgan fingerprint density at radius 2 is 1.86 bits per heavy atom. The molecule has 0 saturated heterocycles. The molecular formula is C8H13NO5. The third-order valence-corrected chi connectivity index (χ3v) is 1.08. The van der Waals surface area contributed by atoms with Gasteiger partial charge in [0.25, 0.3) is 0 Å². The van der Waals surface area contributed by atoms with Crippen molar-refractivity contribution in [1.29, 1.82) is 0 Å². The highest BCUT2D eigenvalue weighted by Gasteiger charge is 2.12. The number of terminal acetylenes is 1. The molecule has 0 aliphatic carbocycles. The summed E-state index contributed by atoms with van der Waals surface area (Å²) < 4.78 is 0. The van der Waals surface area contributed by atoms with Crippen molar-refractivity contribution in [3.05, 3.63) is 0 Å². The summed E-state index contributed by atoms with van der Waals surface area (Å²) in [5, 5.41) is 23.9. The van der Waals surface area contributed by atoms with Crippen LogP contribution in [0.3, 0.4) is 0 Å². The van der Waals surface area contributed by atoms with E-state index >= 15 is 0 Å². The van der Waals surface area contributed by atoms with Crippen LogP contribution < -0.4 is 5.73 Å². The van der Waals surface area contributed by atoms with Gasteiger partial charge in [-0.3, -0.25) is 9.59 Å². The van der Waals surface area contributed by atoms with Crippen LogP contribution >= 0.6 is 0 Å². The van der Waals surface area contributed by atoms with Crippen LogP contribution in [0.2, 0.25) is 0 Å². The second-order valence-electron chi connectivity index (χ2n) is 2.24. The lowest BCUT2D eigenvalue weighted by Crippen LogP contribution is -2.30. The summed E-state index contributed by atoms with van der Waals surface area (Å²) in [7, 11) is 0. The zero-order valence-electron chi connectivity index (χ0n) is 7.51. The molecule has 80 valence electrons. The summed E-state index contributed by atoms with van der Waals surface area (Å²) in [6.07, 6.45) is 4.30. The maximum absolute atomic E-state index is 9.99. The highest BCUT2D eigenvalue weighted by molar-refractivity contribution is 5.74. The van der Waals surface area contributed by atoms with E-state index in [1.807, 2.05) is 5.92 Å². The van der Waals surface area contributed by atoms with Gasteiger partial charge in [-0.2, -0.15) is 0 Å². The minimum absolute atomic E-state index is 0.0231. The molecule has 0 aromatic rings. The number of hydrogen-bond acceptors (Lipinski definition) is 4. The van der Waals surface area contributed by atoms with Crippen molar-refractivity contribution in [3.8, 4) is 12.3 Å². The zero-order chi connectivity index (χ0) is 11.6. The molecular weight excluding hydrogens is 190 g/mol. The van der Waals surface area contributed by atoms with Gasteiger partial charge in [-0.1, -0.05) is 5.92 Å². The van der Waals surface area contributed by atoms with Crippen LogP contribution in [0.25, 0.3) is 0 Å². The monoisotopic (exact) mass is 203 g/mol. The van der Waals surface area contributed by atoms with Gasteiger partial charge < -0.3 is 21.1 Å². The van der Waals surface area contributed by atoms with Gasteiger partial charge in [-0.05, 0) is 6.42 Å². The number of rotatable bonds is 4. The summed E-state index contributed by atoms with van der Waals surface area (Å²) in [5.41, 5.74) is 5.00. The van der Waals surface area contributed by atoms with E-state index in [0.717, 1.165) is 0 Å². The van der Waals surface area contributed by atoms with Gasteiger partial charge in [0.2, 0.25) is 0 Å². The fraction of sp³-hybridized carbons (Fsp3) is 0.500. The first kappa shape index (κ1) is 14.9. The normalized spacial score (nSPS) is 10.4. The lowest BCUT2D eigenvalue weighted by atomic mass is 10.2. The van der Waals surface area contributed by atoms with Crippen LogP contribution in [0.1, 0.15) is 12.8 Å². The molecule has 0 amide bonds. The predicted octanol–water partition coefficient (Wildman–Crippen LogP) is -1.12. The molecule has 0 heterocycles. The number of aliphatic carboxylic acids is 2. The van der Waals surface area contributed by atoms with Crippen LogP contribution in [0.5, 0.6) is 0 Å². The van der Waals surface area contributed by atoms with E-state index in [9.17, 15) is 9.59 Å². The quantitative estimate of drug-likeness (QED) is 0.429. The van der Waals surface area contributed by atoms with Gasteiger partial charge in [0.15, 0.2) is 0 Å². The van der Waals surface area contributed by atoms with Gasteiger partial charge in [0.1, 0.15) is 12.6 Å². The number of carboxylic acid groups (broad SMARTS) is 2. The van der Waals surface area contributed by atoms with Crippen molar-refractivity contribution in [3.63, 3.8) is 0 Å². The van der Waals surface area contributed by atoms with E-state index in [2.05, 4.69) is 6.42 Å². The summed E-state index contributed by atoms with van der Waals surface area (Å²) in [4.78, 5) is 19.9. The average molecular weight is 203 g/mol. The summed E-state index contributed by atoms with van der Waals surface area (Å²) in [6.45, 7) is -0.153. The molecule has 0 aliphatic heterocycles. The van der Waals surface area contributed by atoms with Crippen molar-refractivity contribution >= 4 is 11.9 Å². The Balaban J connectivity index is 0. The first-order chi connectivity index (χ1) is 6.45. The van der Waals surface area contributed by atoms with Gasteiger partial charge in [-0.25, -0.2) is 0 Å². The number of carboxylic acids is 2. The standard InChI is InChI=1S/C5H9NO4.C3H4O/c6-3(5(9)10)1-2-4(7)8;1-2-3-4/h3H,1-2,6H2,(H,7,8)(H,9,10);1,4H,3H2. The molecule has 0 aromatic heterocycles. The summed E-state index contributed by atoms with van der Waals surface area (Å²) in [5.74, 6) is -0.210. The number of aliphatic hydroxyl groups is 1. The molecule has 0 spiro atoms. The average Bonchev–Trinajstić information content (AvgIpc) is 2.14. The van der Waals surface area contributed by atoms with Crippen molar-refractivity contribution in [2.24, 2.45) is 5.73 Å². The molecule has 0 aromatic carbocycles. The molecule has 0 bridgehead atoms. The van der Waals surface area contributed by atoms with Gasteiger partial charge in [-0.15, -0.1) is 6.42 Å². The third-order valence-electron chi connectivity index (χ3n) is 1.08. The molecule has 1 atom stereocenters. The number of hydrogen-bond donors (Lipinski definition) is 4. The predicted molar refractivity (Wildman–Crippen MR) is 48.4 cm³/mol. The van der Waals surface area contributed by atoms with Crippen molar-refractivity contribution in [2.75, 3.05) is 6.61 Å². The lowest BCUT2D eigenvalue weighted by molar-refractivity contribution is -0.139. The number of carbonyl (C=O) groups is 2. The molecule has 0 rings (SSSR count). The first-order valence-electron chi connectivity index (χ1n) is 3.70. The highest BCUT2D eigenvalue weighted by atomic mass is 16.4. The molecule has 0 radical (unpaired) electrons. The van der Waals surface area contributed by atoms with Crippen LogP contribution in [0.15, 0.2) is 0 Å². The topological polar surface area (TPSA) is 121 Å². The largest absolute Gasteiger partial charge is 0.481 e. The van der Waals surface area contributed by atoms with Crippen LogP contribution in [-0.4, -0.2) is 39.9 Å². The van der Waals surface area contributed by atoms with Gasteiger partial charge in [0, 0.05) is 6.42 Å². The molecule has 14 heavy (non-hydrogen) atoms. The Labute approximate surface area is 81.3 Å². The maximum Gasteiger partial charge on any atom is 0.320 e. The smallest absolute Gasteiger partial charge is 0.320 e. The van der Waals surface area contributed by atoms with E-state index in [1.54, 1.807) is 0 Å². The van der Waals surface area contributed by atoms with Crippen LogP contribution in [-0.2, 0) is 9.59 Å². The fourth-order valence-corrected chi connectivity index (χ4v) is 0.402. The van der Waals surface area contributed by atoms with E-state index < -0.39 is 18.0 Å². The van der Waals surface area contributed by atoms with E-state index in [1.165, 1.54) is 0 Å². The molecule has 0 aliphatic rings. The molecule has 5 N–H and O–H groups in total. The maximum atomic E-state index is 9.99. The van der Waals surface area contributed by atoms with Gasteiger partial charge in [0.05, 0.1) is 0 Å². The molecule has 6 nitrogen and oxygen atoms in total. The minimum Gasteiger partial charge on any atom is -0.481 e. The second kappa shape index (κ2) is 9.51. The Kier molecular flexibility index (Phi) is 10.1. The summed E-state index contributed by atoms with van der Waals surface area (Å²) in [6, 6.07) is -1.06. The Bertz CT molecular complexity index is 220.